The first kappa shape index (κ1) is 22.2. The maximum absolute atomic E-state index is 13.1. The first-order valence-electron chi connectivity index (χ1n) is 9.79. The number of aliphatic hydroxyl groups is 1. The van der Waals surface area contributed by atoms with Gasteiger partial charge in [0.1, 0.15) is 5.82 Å². The molecule has 162 valence electrons. The molecule has 1 aliphatic rings. The third-order valence-electron chi connectivity index (χ3n) is 5.60. The summed E-state index contributed by atoms with van der Waals surface area (Å²) in [6.07, 6.45) is -3.00. The number of carbonyl (C=O) groups is 1. The van der Waals surface area contributed by atoms with Gasteiger partial charge in [-0.2, -0.15) is 13.2 Å². The van der Waals surface area contributed by atoms with Gasteiger partial charge in [0.2, 0.25) is 0 Å². The van der Waals surface area contributed by atoms with Crippen LogP contribution in [0.1, 0.15) is 47.2 Å². The van der Waals surface area contributed by atoms with Crippen LogP contribution >= 0.6 is 0 Å². The van der Waals surface area contributed by atoms with E-state index in [9.17, 15) is 27.5 Å². The number of benzene rings is 2. The molecule has 1 heterocycles. The van der Waals surface area contributed by atoms with Gasteiger partial charge in [-0.25, -0.2) is 4.39 Å². The molecular weight excluding hydrogens is 400 g/mol. The highest BCUT2D eigenvalue weighted by molar-refractivity contribution is 6.00. The zero-order valence-corrected chi connectivity index (χ0v) is 16.4. The number of anilines is 1. The fraction of sp³-hybridized carbons (Fsp3) is 0.409. The van der Waals surface area contributed by atoms with E-state index in [1.54, 1.807) is 0 Å². The highest BCUT2D eigenvalue weighted by atomic mass is 19.4. The molecule has 4 nitrogen and oxygen atoms in total. The summed E-state index contributed by atoms with van der Waals surface area (Å²) < 4.78 is 51.9. The van der Waals surface area contributed by atoms with Gasteiger partial charge in [0.25, 0.3) is 0 Å². The van der Waals surface area contributed by atoms with Crippen molar-refractivity contribution in [3.05, 3.63) is 65.0 Å². The Morgan fingerprint density at radius 1 is 1.13 bits per heavy atom. The largest absolute Gasteiger partial charge is 0.416 e. The number of Topliss-reactive ketones (excluding diaryl/α,β-unsaturated/α-hetero) is 1. The fourth-order valence-corrected chi connectivity index (χ4v) is 3.81. The average molecular weight is 424 g/mol. The Morgan fingerprint density at radius 2 is 1.83 bits per heavy atom. The van der Waals surface area contributed by atoms with Crippen LogP contribution in [-0.2, 0) is 11.8 Å². The van der Waals surface area contributed by atoms with Gasteiger partial charge in [-0.15, -0.1) is 0 Å². The van der Waals surface area contributed by atoms with E-state index in [1.165, 1.54) is 24.3 Å². The Bertz CT molecular complexity index is 906. The molecule has 0 radical (unpaired) electrons. The van der Waals surface area contributed by atoms with Gasteiger partial charge >= 0.3 is 6.18 Å². The molecule has 2 aromatic carbocycles. The van der Waals surface area contributed by atoms with Gasteiger partial charge < -0.3 is 15.7 Å². The van der Waals surface area contributed by atoms with Crippen molar-refractivity contribution in [1.82, 2.24) is 4.90 Å². The van der Waals surface area contributed by atoms with Gasteiger partial charge in [0, 0.05) is 30.8 Å². The number of alkyl halides is 3. The number of ketones is 1. The first-order valence-corrected chi connectivity index (χ1v) is 9.79. The number of carbonyl (C=O) groups excluding carboxylic acids is 1. The SMILES string of the molecule is Nc1cc(F)ccc1C(=O)CCCN1CCC(O)(c2cccc(C(F)(F)F)c2)CC1. The Labute approximate surface area is 172 Å². The number of nitrogens with zero attached hydrogens (tertiary/aromatic N) is 1. The van der Waals surface area contributed by atoms with Gasteiger partial charge in [-0.1, -0.05) is 12.1 Å². The Morgan fingerprint density at radius 3 is 2.47 bits per heavy atom. The number of nitrogen functional groups attached to an aromatic ring is 1. The van der Waals surface area contributed by atoms with E-state index in [0.717, 1.165) is 18.2 Å². The summed E-state index contributed by atoms with van der Waals surface area (Å²) in [6, 6.07) is 8.54. The molecule has 1 aliphatic heterocycles. The quantitative estimate of drug-likeness (QED) is 0.411. The van der Waals surface area contributed by atoms with Crippen molar-refractivity contribution in [3.63, 3.8) is 0 Å². The third kappa shape index (κ3) is 5.17. The second-order valence-electron chi connectivity index (χ2n) is 7.71. The molecule has 3 rings (SSSR count). The molecule has 0 saturated carbocycles. The summed E-state index contributed by atoms with van der Waals surface area (Å²) in [6.45, 7) is 1.64. The molecule has 0 aromatic heterocycles. The Kier molecular flexibility index (Phi) is 6.47. The lowest BCUT2D eigenvalue weighted by molar-refractivity contribution is -0.137. The minimum absolute atomic E-state index is 0.115. The van der Waals surface area contributed by atoms with Crippen molar-refractivity contribution in [2.45, 2.75) is 37.5 Å². The number of likely N-dealkylation sites (tertiary alicyclic amines) is 1. The number of hydrogen-bond acceptors (Lipinski definition) is 4. The van der Waals surface area contributed by atoms with E-state index in [4.69, 9.17) is 5.73 Å². The van der Waals surface area contributed by atoms with Crippen molar-refractivity contribution in [1.29, 1.82) is 0 Å². The van der Waals surface area contributed by atoms with Crippen LogP contribution in [0.4, 0.5) is 23.2 Å². The van der Waals surface area contributed by atoms with E-state index < -0.39 is 23.2 Å². The van der Waals surface area contributed by atoms with Gasteiger partial charge in [-0.05, 0) is 61.7 Å². The van der Waals surface area contributed by atoms with Crippen LogP contribution in [-0.4, -0.2) is 35.4 Å². The predicted molar refractivity (Wildman–Crippen MR) is 105 cm³/mol. The second kappa shape index (κ2) is 8.73. The lowest BCUT2D eigenvalue weighted by atomic mass is 9.83. The maximum Gasteiger partial charge on any atom is 0.416 e. The molecule has 1 saturated heterocycles. The third-order valence-corrected chi connectivity index (χ3v) is 5.60. The minimum Gasteiger partial charge on any atom is -0.398 e. The van der Waals surface area contributed by atoms with Crippen LogP contribution < -0.4 is 5.73 Å². The molecule has 0 atom stereocenters. The Balaban J connectivity index is 1.51. The van der Waals surface area contributed by atoms with Gasteiger partial charge in [-0.3, -0.25) is 4.79 Å². The number of hydrogen-bond donors (Lipinski definition) is 2. The Hall–Kier alpha value is -2.45. The van der Waals surface area contributed by atoms with Crippen molar-refractivity contribution < 1.29 is 27.5 Å². The van der Waals surface area contributed by atoms with Crippen molar-refractivity contribution in [2.75, 3.05) is 25.4 Å². The molecule has 0 spiro atoms. The molecule has 8 heteroatoms. The number of piperidine rings is 1. The smallest absolute Gasteiger partial charge is 0.398 e. The molecule has 30 heavy (non-hydrogen) atoms. The van der Waals surface area contributed by atoms with Crippen molar-refractivity contribution in [3.8, 4) is 0 Å². The molecule has 2 aromatic rings. The standard InChI is InChI=1S/C22H24F4N2O2/c23-17-6-7-18(19(27)14-17)20(29)5-2-10-28-11-8-21(30,9-12-28)15-3-1-4-16(13-15)22(24,25)26/h1,3-4,6-7,13-14,30H,2,5,8-12,27H2. The summed E-state index contributed by atoms with van der Waals surface area (Å²) in [7, 11) is 0. The zero-order chi connectivity index (χ0) is 21.9. The van der Waals surface area contributed by atoms with E-state index in [-0.39, 0.29) is 23.5 Å². The summed E-state index contributed by atoms with van der Waals surface area (Å²) in [5.74, 6) is -0.657. The first-order chi connectivity index (χ1) is 14.1. The van der Waals surface area contributed by atoms with Crippen LogP contribution in [0.15, 0.2) is 42.5 Å². The fourth-order valence-electron chi connectivity index (χ4n) is 3.81. The lowest BCUT2D eigenvalue weighted by Gasteiger charge is -2.38. The van der Waals surface area contributed by atoms with Crippen LogP contribution in [0.25, 0.3) is 0 Å². The monoisotopic (exact) mass is 424 g/mol. The molecule has 1 fully saturated rings. The van der Waals surface area contributed by atoms with Crippen molar-refractivity contribution in [2.24, 2.45) is 0 Å². The molecule has 0 amide bonds. The summed E-state index contributed by atoms with van der Waals surface area (Å²) >= 11 is 0. The normalized spacial score (nSPS) is 17.1. The van der Waals surface area contributed by atoms with Crippen LogP contribution in [0.2, 0.25) is 0 Å². The lowest BCUT2D eigenvalue weighted by Crippen LogP contribution is -2.43. The molecular formula is C22H24F4N2O2. The summed E-state index contributed by atoms with van der Waals surface area (Å²) in [4.78, 5) is 14.3. The molecule has 0 aliphatic carbocycles. The molecule has 0 unspecified atom stereocenters. The van der Waals surface area contributed by atoms with E-state index in [0.29, 0.717) is 44.5 Å². The van der Waals surface area contributed by atoms with Crippen LogP contribution in [0.5, 0.6) is 0 Å². The predicted octanol–water partition coefficient (Wildman–Crippen LogP) is 4.37. The van der Waals surface area contributed by atoms with E-state index >= 15 is 0 Å². The molecule has 3 N–H and O–H groups in total. The van der Waals surface area contributed by atoms with E-state index in [1.807, 2.05) is 0 Å². The highest BCUT2D eigenvalue weighted by Gasteiger charge is 2.36. The average Bonchev–Trinajstić information content (AvgIpc) is 2.69. The van der Waals surface area contributed by atoms with Crippen LogP contribution in [0, 0.1) is 5.82 Å². The summed E-state index contributed by atoms with van der Waals surface area (Å²) in [5, 5.41) is 10.9. The highest BCUT2D eigenvalue weighted by Crippen LogP contribution is 2.36. The second-order valence-corrected chi connectivity index (χ2v) is 7.71. The van der Waals surface area contributed by atoms with Gasteiger partial charge in [0.05, 0.1) is 11.2 Å². The number of rotatable bonds is 6. The molecule has 0 bridgehead atoms. The van der Waals surface area contributed by atoms with Crippen LogP contribution in [0.3, 0.4) is 0 Å². The minimum atomic E-state index is -4.45. The zero-order valence-electron chi connectivity index (χ0n) is 16.4. The maximum atomic E-state index is 13.1. The van der Waals surface area contributed by atoms with E-state index in [2.05, 4.69) is 4.90 Å². The number of nitrogens with two attached hydrogens (primary N) is 1. The topological polar surface area (TPSA) is 66.6 Å². The van der Waals surface area contributed by atoms with Gasteiger partial charge in [0.15, 0.2) is 5.78 Å². The number of halogens is 4. The van der Waals surface area contributed by atoms with Crippen molar-refractivity contribution >= 4 is 11.5 Å². The summed E-state index contributed by atoms with van der Waals surface area (Å²) in [5.41, 5.74) is 4.32.